The topological polar surface area (TPSA) is 35.5 Å². The molecule has 0 aliphatic heterocycles. The Bertz CT molecular complexity index is 345. The molecule has 0 N–H and O–H groups in total. The van der Waals surface area contributed by atoms with E-state index in [0.717, 1.165) is 12.8 Å². The van der Waals surface area contributed by atoms with Gasteiger partial charge in [0.15, 0.2) is 0 Å². The first kappa shape index (κ1) is 27.1. The van der Waals surface area contributed by atoms with Crippen molar-refractivity contribution < 1.29 is 13.6 Å². The number of hydrogen-bond acceptors (Lipinski definition) is 3. The van der Waals surface area contributed by atoms with Gasteiger partial charge in [-0.2, -0.15) is 0 Å². The average molecular weight is 405 g/mol. The van der Waals surface area contributed by atoms with Crippen molar-refractivity contribution in [2.75, 3.05) is 19.9 Å². The van der Waals surface area contributed by atoms with E-state index in [-0.39, 0.29) is 0 Å². The first-order chi connectivity index (χ1) is 13.0. The van der Waals surface area contributed by atoms with Crippen LogP contribution in [0.4, 0.5) is 0 Å². The average Bonchev–Trinajstić information content (AvgIpc) is 2.66. The molecule has 0 saturated heterocycles. The van der Waals surface area contributed by atoms with Crippen LogP contribution in [0.3, 0.4) is 0 Å². The molecule has 0 saturated carbocycles. The minimum Gasteiger partial charge on any atom is -0.312 e. The second kappa shape index (κ2) is 19.5. The van der Waals surface area contributed by atoms with Crippen LogP contribution in [0, 0.1) is 5.92 Å². The molecule has 0 rings (SSSR count). The molecule has 0 spiro atoms. The van der Waals surface area contributed by atoms with Gasteiger partial charge in [-0.25, -0.2) is 0 Å². The molecule has 0 amide bonds. The Balaban J connectivity index is 3.32. The molecule has 0 aromatic heterocycles. The molecule has 0 aromatic carbocycles. The van der Waals surface area contributed by atoms with E-state index in [1.807, 2.05) is 0 Å². The molecule has 1 unspecified atom stereocenters. The maximum atomic E-state index is 12.4. The predicted octanol–water partition coefficient (Wildman–Crippen LogP) is 8.76. The fraction of sp³-hybridized carbons (Fsp3) is 1.00. The molecule has 3 nitrogen and oxygen atoms in total. The fourth-order valence-corrected chi connectivity index (χ4v) is 4.88. The highest BCUT2D eigenvalue weighted by molar-refractivity contribution is 7.53. The van der Waals surface area contributed by atoms with Gasteiger partial charge in [-0.15, -0.1) is 0 Å². The van der Waals surface area contributed by atoms with Crippen LogP contribution in [0.15, 0.2) is 0 Å². The van der Waals surface area contributed by atoms with Gasteiger partial charge in [-0.05, 0) is 12.3 Å². The lowest BCUT2D eigenvalue weighted by molar-refractivity contribution is 0.209. The van der Waals surface area contributed by atoms with Gasteiger partial charge >= 0.3 is 7.60 Å². The third-order valence-electron chi connectivity index (χ3n) is 5.17. The van der Waals surface area contributed by atoms with E-state index in [9.17, 15) is 4.57 Å². The number of unbranched alkanes of at least 4 members (excludes halogenated alkanes) is 15. The van der Waals surface area contributed by atoms with Gasteiger partial charge in [-0.3, -0.25) is 4.57 Å². The van der Waals surface area contributed by atoms with Crippen LogP contribution in [0.5, 0.6) is 0 Å². The van der Waals surface area contributed by atoms with Crippen molar-refractivity contribution >= 4 is 7.60 Å². The molecular formula is C23H49O3P. The molecule has 164 valence electrons. The van der Waals surface area contributed by atoms with E-state index < -0.39 is 7.60 Å². The zero-order chi connectivity index (χ0) is 20.2. The van der Waals surface area contributed by atoms with Crippen LogP contribution < -0.4 is 0 Å². The SMILES string of the molecule is CCCCCCCCCCCCCCCCCCP(=O)(OC)OCC(C)C. The standard InChI is InChI=1S/C23H49O3P/c1-5-6-7-8-9-10-11-12-13-14-15-16-17-18-19-20-21-27(24,25-4)26-22-23(2)3/h23H,5-22H2,1-4H3. The maximum Gasteiger partial charge on any atom is 0.330 e. The zero-order valence-corrected chi connectivity index (χ0v) is 19.9. The summed E-state index contributed by atoms with van der Waals surface area (Å²) in [5.74, 6) is 0.388. The summed E-state index contributed by atoms with van der Waals surface area (Å²) >= 11 is 0. The Kier molecular flexibility index (Phi) is 19.6. The molecule has 0 aliphatic rings. The molecule has 0 aliphatic carbocycles. The Morgan fingerprint density at radius 3 is 1.37 bits per heavy atom. The van der Waals surface area contributed by atoms with E-state index in [1.165, 1.54) is 97.0 Å². The van der Waals surface area contributed by atoms with Gasteiger partial charge in [0.1, 0.15) is 0 Å². The quantitative estimate of drug-likeness (QED) is 0.142. The Morgan fingerprint density at radius 2 is 1.04 bits per heavy atom. The molecule has 0 fully saturated rings. The molecule has 4 heteroatoms. The summed E-state index contributed by atoms with van der Waals surface area (Å²) in [7, 11) is -1.33. The Morgan fingerprint density at radius 1 is 0.667 bits per heavy atom. The van der Waals surface area contributed by atoms with Crippen molar-refractivity contribution in [1.82, 2.24) is 0 Å². The predicted molar refractivity (Wildman–Crippen MR) is 120 cm³/mol. The largest absolute Gasteiger partial charge is 0.330 e. The first-order valence-electron chi connectivity index (χ1n) is 11.8. The molecule has 27 heavy (non-hydrogen) atoms. The normalized spacial score (nSPS) is 14.0. The third-order valence-corrected chi connectivity index (χ3v) is 7.13. The van der Waals surface area contributed by atoms with Crippen LogP contribution >= 0.6 is 7.60 Å². The van der Waals surface area contributed by atoms with Crippen molar-refractivity contribution in [3.63, 3.8) is 0 Å². The number of hydrogen-bond donors (Lipinski definition) is 0. The summed E-state index contributed by atoms with van der Waals surface area (Å²) in [6.45, 7) is 6.93. The van der Waals surface area contributed by atoms with Crippen LogP contribution in [0.2, 0.25) is 0 Å². The Labute approximate surface area is 170 Å². The summed E-state index contributed by atoms with van der Waals surface area (Å²) in [6, 6.07) is 0. The van der Waals surface area contributed by atoms with Crippen molar-refractivity contribution in [3.8, 4) is 0 Å². The van der Waals surface area contributed by atoms with E-state index in [1.54, 1.807) is 0 Å². The van der Waals surface area contributed by atoms with Gasteiger partial charge in [0.25, 0.3) is 0 Å². The van der Waals surface area contributed by atoms with Crippen molar-refractivity contribution in [2.45, 2.75) is 124 Å². The van der Waals surface area contributed by atoms with E-state index in [0.29, 0.717) is 18.7 Å². The summed E-state index contributed by atoms with van der Waals surface area (Å²) < 4.78 is 23.0. The molecule has 1 atom stereocenters. The van der Waals surface area contributed by atoms with Gasteiger partial charge < -0.3 is 9.05 Å². The minimum atomic E-state index is -2.84. The lowest BCUT2D eigenvalue weighted by Crippen LogP contribution is -2.04. The van der Waals surface area contributed by atoms with E-state index in [4.69, 9.17) is 9.05 Å². The molecule has 0 bridgehead atoms. The van der Waals surface area contributed by atoms with E-state index >= 15 is 0 Å². The summed E-state index contributed by atoms with van der Waals surface area (Å²) in [4.78, 5) is 0. The molecule has 0 heterocycles. The smallest absolute Gasteiger partial charge is 0.312 e. The second-order valence-electron chi connectivity index (χ2n) is 8.51. The third kappa shape index (κ3) is 19.2. The lowest BCUT2D eigenvalue weighted by atomic mass is 10.0. The first-order valence-corrected chi connectivity index (χ1v) is 13.6. The van der Waals surface area contributed by atoms with Gasteiger partial charge in [-0.1, -0.05) is 117 Å². The lowest BCUT2D eigenvalue weighted by Gasteiger charge is -2.17. The maximum absolute atomic E-state index is 12.4. The minimum absolute atomic E-state index is 0.388. The fourth-order valence-electron chi connectivity index (χ4n) is 3.32. The van der Waals surface area contributed by atoms with Gasteiger partial charge in [0.2, 0.25) is 0 Å². The highest BCUT2D eigenvalue weighted by Gasteiger charge is 2.22. The van der Waals surface area contributed by atoms with Gasteiger partial charge in [0.05, 0.1) is 12.8 Å². The van der Waals surface area contributed by atoms with Crippen LogP contribution in [-0.2, 0) is 13.6 Å². The second-order valence-corrected chi connectivity index (χ2v) is 10.8. The highest BCUT2D eigenvalue weighted by atomic mass is 31.2. The van der Waals surface area contributed by atoms with Crippen molar-refractivity contribution in [1.29, 1.82) is 0 Å². The summed E-state index contributed by atoms with van der Waals surface area (Å²) in [6.07, 6.45) is 22.1. The van der Waals surface area contributed by atoms with Crippen LogP contribution in [-0.4, -0.2) is 19.9 Å². The van der Waals surface area contributed by atoms with Crippen LogP contribution in [0.1, 0.15) is 124 Å². The summed E-state index contributed by atoms with van der Waals surface area (Å²) in [5, 5.41) is 0. The van der Waals surface area contributed by atoms with Crippen molar-refractivity contribution in [3.05, 3.63) is 0 Å². The molecular weight excluding hydrogens is 355 g/mol. The molecule has 0 radical (unpaired) electrons. The van der Waals surface area contributed by atoms with Crippen molar-refractivity contribution in [2.24, 2.45) is 5.92 Å². The van der Waals surface area contributed by atoms with Gasteiger partial charge in [0, 0.05) is 7.11 Å². The summed E-state index contributed by atoms with van der Waals surface area (Å²) in [5.41, 5.74) is 0. The highest BCUT2D eigenvalue weighted by Crippen LogP contribution is 2.48. The van der Waals surface area contributed by atoms with E-state index in [2.05, 4.69) is 20.8 Å². The molecule has 0 aromatic rings. The Hall–Kier alpha value is 0.150. The zero-order valence-electron chi connectivity index (χ0n) is 19.0. The monoisotopic (exact) mass is 404 g/mol. The number of rotatable bonds is 21. The van der Waals surface area contributed by atoms with Crippen LogP contribution in [0.25, 0.3) is 0 Å².